The van der Waals surface area contributed by atoms with Crippen molar-refractivity contribution in [2.45, 2.75) is 38.7 Å². The molecule has 1 unspecified atom stereocenters. The number of benzene rings is 2. The minimum atomic E-state index is -2.60. The van der Waals surface area contributed by atoms with Gasteiger partial charge in [-0.05, 0) is 21.5 Å². The highest BCUT2D eigenvalue weighted by Gasteiger charge is 2.50. The number of ether oxygens (including phenoxy) is 1. The predicted molar refractivity (Wildman–Crippen MR) is 132 cm³/mol. The van der Waals surface area contributed by atoms with Crippen LogP contribution in [0.5, 0.6) is 0 Å². The van der Waals surface area contributed by atoms with Crippen LogP contribution in [0.1, 0.15) is 48.8 Å². The summed E-state index contributed by atoms with van der Waals surface area (Å²) in [5.41, 5.74) is 6.50. The quantitative estimate of drug-likeness (QED) is 0.412. The number of nitrogen functional groups attached to an aromatic ring is 1. The predicted octanol–water partition coefficient (Wildman–Crippen LogP) is 4.80. The Morgan fingerprint density at radius 2 is 1.55 bits per heavy atom. The van der Waals surface area contributed by atoms with E-state index in [9.17, 15) is 4.79 Å². The molecule has 2 aromatic carbocycles. The third kappa shape index (κ3) is 4.61. The van der Waals surface area contributed by atoms with Crippen molar-refractivity contribution in [3.05, 3.63) is 77.2 Å². The van der Waals surface area contributed by atoms with E-state index < -0.39 is 14.3 Å². The molecule has 1 heterocycles. The van der Waals surface area contributed by atoms with Crippen LogP contribution in [0, 0.1) is 0 Å². The van der Waals surface area contributed by atoms with E-state index in [4.69, 9.17) is 14.9 Å². The van der Waals surface area contributed by atoms with Gasteiger partial charge >= 0.3 is 5.97 Å². The molecule has 0 fully saturated rings. The number of nitrogens with two attached hydrogens (primary N) is 1. The fourth-order valence-corrected chi connectivity index (χ4v) is 9.64. The molecule has 0 bridgehead atoms. The number of methoxy groups -OCH3 is 1. The van der Waals surface area contributed by atoms with Crippen LogP contribution in [0.15, 0.2) is 66.7 Å². The Hall–Kier alpha value is -2.41. The van der Waals surface area contributed by atoms with Crippen LogP contribution in [-0.4, -0.2) is 28.0 Å². The molecular formula is C25H31NO3SSi. The average molecular weight is 454 g/mol. The Morgan fingerprint density at radius 3 is 2.00 bits per heavy atom. The lowest BCUT2D eigenvalue weighted by Gasteiger charge is -2.43. The van der Waals surface area contributed by atoms with E-state index in [0.717, 1.165) is 4.88 Å². The largest absolute Gasteiger partial charge is 0.465 e. The maximum atomic E-state index is 12.0. The maximum absolute atomic E-state index is 12.0. The zero-order chi connectivity index (χ0) is 22.6. The summed E-state index contributed by atoms with van der Waals surface area (Å²) in [6.45, 7) is 9.45. The summed E-state index contributed by atoms with van der Waals surface area (Å²) in [7, 11) is -1.23. The molecule has 1 atom stereocenters. The third-order valence-corrected chi connectivity index (χ3v) is 11.8. The van der Waals surface area contributed by atoms with Crippen molar-refractivity contribution in [1.82, 2.24) is 0 Å². The number of carbonyl (C=O) groups is 1. The average Bonchev–Trinajstić information content (AvgIpc) is 3.16. The Morgan fingerprint density at radius 1 is 1.03 bits per heavy atom. The van der Waals surface area contributed by atoms with Crippen molar-refractivity contribution in [3.63, 3.8) is 0 Å². The SMILES string of the molecule is COC(=O)c1cc(C(C)CO[Si](c2ccccc2)(c2ccccc2)C(C)(C)C)sc1N. The van der Waals surface area contributed by atoms with Crippen LogP contribution < -0.4 is 16.1 Å². The van der Waals surface area contributed by atoms with Gasteiger partial charge in [-0.15, -0.1) is 11.3 Å². The smallest absolute Gasteiger partial charge is 0.340 e. The Kier molecular flexibility index (Phi) is 7.04. The van der Waals surface area contributed by atoms with Crippen LogP contribution >= 0.6 is 11.3 Å². The molecule has 0 aliphatic heterocycles. The fraction of sp³-hybridized carbons (Fsp3) is 0.320. The fourth-order valence-electron chi connectivity index (χ4n) is 4.03. The van der Waals surface area contributed by atoms with Gasteiger partial charge in [0, 0.05) is 17.4 Å². The molecule has 31 heavy (non-hydrogen) atoms. The normalized spacial score (nSPS) is 13.1. The van der Waals surface area contributed by atoms with E-state index in [2.05, 4.69) is 76.2 Å². The minimum absolute atomic E-state index is 0.0823. The first-order valence-electron chi connectivity index (χ1n) is 10.4. The lowest BCUT2D eigenvalue weighted by Crippen LogP contribution is -2.66. The molecule has 0 saturated carbocycles. The van der Waals surface area contributed by atoms with Gasteiger partial charge < -0.3 is 14.9 Å². The Labute approximate surface area is 190 Å². The topological polar surface area (TPSA) is 61.5 Å². The van der Waals surface area contributed by atoms with E-state index >= 15 is 0 Å². The Bertz CT molecular complexity index is 973. The number of hydrogen-bond donors (Lipinski definition) is 1. The van der Waals surface area contributed by atoms with Crippen molar-refractivity contribution in [3.8, 4) is 0 Å². The Balaban J connectivity index is 1.99. The second-order valence-corrected chi connectivity index (χ2v) is 14.2. The molecule has 6 heteroatoms. The number of esters is 1. The lowest BCUT2D eigenvalue weighted by molar-refractivity contribution is 0.0602. The van der Waals surface area contributed by atoms with Crippen molar-refractivity contribution in [1.29, 1.82) is 0 Å². The second kappa shape index (κ2) is 9.38. The highest BCUT2D eigenvalue weighted by atomic mass is 32.1. The maximum Gasteiger partial charge on any atom is 0.340 e. The van der Waals surface area contributed by atoms with Crippen molar-refractivity contribution >= 4 is 41.0 Å². The molecule has 0 aliphatic carbocycles. The zero-order valence-electron chi connectivity index (χ0n) is 18.8. The summed E-state index contributed by atoms with van der Waals surface area (Å²) in [6, 6.07) is 23.0. The highest BCUT2D eigenvalue weighted by Crippen LogP contribution is 2.38. The van der Waals surface area contributed by atoms with Crippen LogP contribution in [0.3, 0.4) is 0 Å². The van der Waals surface area contributed by atoms with Crippen LogP contribution in [0.4, 0.5) is 5.00 Å². The van der Waals surface area contributed by atoms with Gasteiger partial charge in [-0.1, -0.05) is 88.4 Å². The number of thiophene rings is 1. The number of rotatable bonds is 7. The molecule has 0 aliphatic rings. The van der Waals surface area contributed by atoms with E-state index in [1.54, 1.807) is 0 Å². The van der Waals surface area contributed by atoms with Crippen LogP contribution in [0.2, 0.25) is 5.04 Å². The standard InChI is InChI=1S/C25H31NO3SSi/c1-18(22-16-21(23(26)30-22)24(27)28-5)17-29-31(25(2,3)4,19-12-8-6-9-13-19)20-14-10-7-11-15-20/h6-16,18H,17,26H2,1-5H3. The van der Waals surface area contributed by atoms with Gasteiger partial charge in [-0.3, -0.25) is 0 Å². The molecule has 3 rings (SSSR count). The zero-order valence-corrected chi connectivity index (χ0v) is 20.7. The van der Waals surface area contributed by atoms with Crippen molar-refractivity contribution in [2.75, 3.05) is 19.5 Å². The van der Waals surface area contributed by atoms with Gasteiger partial charge in [-0.25, -0.2) is 4.79 Å². The number of hydrogen-bond acceptors (Lipinski definition) is 5. The van der Waals surface area contributed by atoms with Crippen molar-refractivity contribution in [2.24, 2.45) is 0 Å². The summed E-state index contributed by atoms with van der Waals surface area (Å²) < 4.78 is 11.9. The van der Waals surface area contributed by atoms with Gasteiger partial charge in [0.1, 0.15) is 5.00 Å². The monoisotopic (exact) mass is 453 g/mol. The number of carbonyl (C=O) groups excluding carboxylic acids is 1. The van der Waals surface area contributed by atoms with Crippen molar-refractivity contribution < 1.29 is 14.0 Å². The minimum Gasteiger partial charge on any atom is -0.465 e. The van der Waals surface area contributed by atoms with Crippen LogP contribution in [0.25, 0.3) is 0 Å². The molecule has 164 valence electrons. The first-order chi connectivity index (χ1) is 14.7. The van der Waals surface area contributed by atoms with Gasteiger partial charge in [0.15, 0.2) is 0 Å². The first-order valence-corrected chi connectivity index (χ1v) is 13.2. The molecule has 0 saturated heterocycles. The number of anilines is 1. The summed E-state index contributed by atoms with van der Waals surface area (Å²) in [5.74, 6) is -0.313. The van der Waals surface area contributed by atoms with E-state index in [1.807, 2.05) is 18.2 Å². The van der Waals surface area contributed by atoms with Gasteiger partial charge in [0.2, 0.25) is 0 Å². The summed E-state index contributed by atoms with van der Waals surface area (Å²) in [6.07, 6.45) is 0. The highest BCUT2D eigenvalue weighted by molar-refractivity contribution is 7.16. The van der Waals surface area contributed by atoms with Gasteiger partial charge in [0.25, 0.3) is 8.32 Å². The molecule has 0 radical (unpaired) electrons. The second-order valence-electron chi connectivity index (χ2n) is 8.79. The summed E-state index contributed by atoms with van der Waals surface area (Å²) in [4.78, 5) is 13.0. The van der Waals surface area contributed by atoms with E-state index in [-0.39, 0.29) is 11.0 Å². The molecule has 0 spiro atoms. The molecule has 1 aromatic heterocycles. The molecule has 2 N–H and O–H groups in total. The van der Waals surface area contributed by atoms with E-state index in [1.165, 1.54) is 28.8 Å². The molecular weight excluding hydrogens is 422 g/mol. The van der Waals surface area contributed by atoms with E-state index in [0.29, 0.717) is 17.2 Å². The molecule has 0 amide bonds. The lowest BCUT2D eigenvalue weighted by atomic mass is 10.1. The molecule has 3 aromatic rings. The first kappa shape index (κ1) is 23.3. The molecule has 4 nitrogen and oxygen atoms in total. The summed E-state index contributed by atoms with van der Waals surface area (Å²) in [5, 5.41) is 2.91. The van der Waals surface area contributed by atoms with Gasteiger partial charge in [-0.2, -0.15) is 0 Å². The third-order valence-electron chi connectivity index (χ3n) is 5.64. The summed E-state index contributed by atoms with van der Waals surface area (Å²) >= 11 is 1.43. The van der Waals surface area contributed by atoms with Gasteiger partial charge in [0.05, 0.1) is 12.7 Å². The van der Waals surface area contributed by atoms with Crippen LogP contribution in [-0.2, 0) is 9.16 Å².